The topological polar surface area (TPSA) is 55.3 Å². The second-order valence-corrected chi connectivity index (χ2v) is 4.57. The Bertz CT molecular complexity index is 548. The summed E-state index contributed by atoms with van der Waals surface area (Å²) in [6.45, 7) is 2.70. The van der Waals surface area contributed by atoms with Crippen molar-refractivity contribution in [1.82, 2.24) is 4.98 Å². The van der Waals surface area contributed by atoms with Gasteiger partial charge in [-0.2, -0.15) is 0 Å². The lowest BCUT2D eigenvalue weighted by Gasteiger charge is -2.17. The molecular weight excluding hydrogens is 246 g/mol. The number of nitrogens with two attached hydrogens (primary N) is 1. The maximum atomic E-state index is 5.53. The van der Waals surface area contributed by atoms with Crippen LogP contribution in [0.4, 0.5) is 5.82 Å². The largest absolute Gasteiger partial charge is 0.469 e. The number of nitrogens with zero attached hydrogens (tertiary/aromatic N) is 2. The van der Waals surface area contributed by atoms with Crippen molar-refractivity contribution in [1.29, 1.82) is 0 Å². The van der Waals surface area contributed by atoms with Crippen molar-refractivity contribution >= 4 is 23.0 Å². The fraction of sp³-hybridized carbons (Fsp3) is 0.231. The van der Waals surface area contributed by atoms with E-state index >= 15 is 0 Å². The van der Waals surface area contributed by atoms with Crippen molar-refractivity contribution in [3.05, 3.63) is 47.5 Å². The van der Waals surface area contributed by atoms with E-state index in [0.717, 1.165) is 29.2 Å². The monoisotopic (exact) mass is 261 g/mol. The zero-order valence-electron chi connectivity index (χ0n) is 10.4. The van der Waals surface area contributed by atoms with E-state index in [-0.39, 0.29) is 0 Å². The Labute approximate surface area is 111 Å². The molecule has 0 atom stereocenters. The lowest BCUT2D eigenvalue weighted by molar-refractivity contribution is 0.529. The standard InChI is InChI=1S/C13H15N3OS/c1-9-11(5-6-17-9)8-16(2)12-4-3-10(7-15-12)13(14)18/h3-7H,8H2,1-2H3,(H2,14,18). The number of furan rings is 1. The van der Waals surface area contributed by atoms with Crippen LogP contribution in [0, 0.1) is 6.92 Å². The molecule has 0 unspecified atom stereocenters. The summed E-state index contributed by atoms with van der Waals surface area (Å²) in [6, 6.07) is 5.75. The van der Waals surface area contributed by atoms with Gasteiger partial charge >= 0.3 is 0 Å². The zero-order valence-corrected chi connectivity index (χ0v) is 11.2. The van der Waals surface area contributed by atoms with E-state index in [2.05, 4.69) is 4.98 Å². The molecule has 0 aromatic carbocycles. The fourth-order valence-corrected chi connectivity index (χ4v) is 1.79. The molecule has 2 aromatic rings. The average Bonchev–Trinajstić information content (AvgIpc) is 2.75. The van der Waals surface area contributed by atoms with Gasteiger partial charge in [0.1, 0.15) is 16.6 Å². The van der Waals surface area contributed by atoms with E-state index in [0.29, 0.717) is 4.99 Å². The first kappa shape index (κ1) is 12.6. The minimum absolute atomic E-state index is 0.363. The summed E-state index contributed by atoms with van der Waals surface area (Å²) in [7, 11) is 1.98. The third kappa shape index (κ3) is 2.68. The van der Waals surface area contributed by atoms with Gasteiger partial charge < -0.3 is 15.1 Å². The highest BCUT2D eigenvalue weighted by Crippen LogP contribution is 2.16. The summed E-state index contributed by atoms with van der Waals surface area (Å²) >= 11 is 4.89. The number of thiocarbonyl (C=S) groups is 1. The highest BCUT2D eigenvalue weighted by atomic mass is 32.1. The van der Waals surface area contributed by atoms with E-state index in [1.807, 2.05) is 37.1 Å². The van der Waals surface area contributed by atoms with Crippen LogP contribution in [0.5, 0.6) is 0 Å². The van der Waals surface area contributed by atoms with Gasteiger partial charge in [0.25, 0.3) is 0 Å². The molecule has 18 heavy (non-hydrogen) atoms. The number of hydrogen-bond donors (Lipinski definition) is 1. The quantitative estimate of drug-likeness (QED) is 0.855. The Morgan fingerprint density at radius 2 is 2.22 bits per heavy atom. The van der Waals surface area contributed by atoms with E-state index < -0.39 is 0 Å². The molecule has 94 valence electrons. The first-order valence-electron chi connectivity index (χ1n) is 5.58. The maximum Gasteiger partial charge on any atom is 0.128 e. The van der Waals surface area contributed by atoms with E-state index in [1.54, 1.807) is 12.5 Å². The average molecular weight is 261 g/mol. The summed E-state index contributed by atoms with van der Waals surface area (Å²) in [4.78, 5) is 6.74. The van der Waals surface area contributed by atoms with Crippen LogP contribution >= 0.6 is 12.2 Å². The molecule has 5 heteroatoms. The molecule has 0 bridgehead atoms. The second-order valence-electron chi connectivity index (χ2n) is 4.13. The molecular formula is C13H15N3OS. The van der Waals surface area contributed by atoms with E-state index in [9.17, 15) is 0 Å². The Kier molecular flexibility index (Phi) is 3.62. The van der Waals surface area contributed by atoms with Gasteiger partial charge in [0.05, 0.1) is 6.26 Å². The van der Waals surface area contributed by atoms with Crippen LogP contribution in [-0.4, -0.2) is 17.0 Å². The Hall–Kier alpha value is -1.88. The summed E-state index contributed by atoms with van der Waals surface area (Å²) in [5.41, 5.74) is 7.46. The minimum Gasteiger partial charge on any atom is -0.469 e. The Morgan fingerprint density at radius 1 is 1.44 bits per heavy atom. The Morgan fingerprint density at radius 3 is 2.72 bits per heavy atom. The molecule has 0 radical (unpaired) electrons. The Balaban J connectivity index is 2.12. The first-order chi connectivity index (χ1) is 8.58. The SMILES string of the molecule is Cc1occc1CN(C)c1ccc(C(N)=S)cn1. The van der Waals surface area contributed by atoms with Gasteiger partial charge in [0.15, 0.2) is 0 Å². The highest BCUT2D eigenvalue weighted by molar-refractivity contribution is 7.80. The molecule has 0 aliphatic heterocycles. The van der Waals surface area contributed by atoms with Crippen molar-refractivity contribution in [3.63, 3.8) is 0 Å². The van der Waals surface area contributed by atoms with Crippen LogP contribution in [0.25, 0.3) is 0 Å². The summed E-state index contributed by atoms with van der Waals surface area (Å²) < 4.78 is 5.27. The molecule has 2 heterocycles. The van der Waals surface area contributed by atoms with Gasteiger partial charge in [0.2, 0.25) is 0 Å². The zero-order chi connectivity index (χ0) is 13.1. The molecule has 0 amide bonds. The normalized spacial score (nSPS) is 10.3. The van der Waals surface area contributed by atoms with Crippen molar-refractivity contribution in [3.8, 4) is 0 Å². The lowest BCUT2D eigenvalue weighted by atomic mass is 10.2. The van der Waals surface area contributed by atoms with E-state index in [4.69, 9.17) is 22.4 Å². The van der Waals surface area contributed by atoms with Crippen LogP contribution in [0.15, 0.2) is 35.1 Å². The van der Waals surface area contributed by atoms with Gasteiger partial charge in [-0.3, -0.25) is 0 Å². The minimum atomic E-state index is 0.363. The van der Waals surface area contributed by atoms with Gasteiger partial charge in [-0.1, -0.05) is 12.2 Å². The third-order valence-electron chi connectivity index (χ3n) is 2.80. The van der Waals surface area contributed by atoms with Crippen LogP contribution in [0.1, 0.15) is 16.9 Å². The molecule has 2 N–H and O–H groups in total. The number of pyridine rings is 1. The van der Waals surface area contributed by atoms with Crippen LogP contribution in [0.2, 0.25) is 0 Å². The number of hydrogen-bond acceptors (Lipinski definition) is 4. The predicted octanol–water partition coefficient (Wildman–Crippen LogP) is 2.25. The molecule has 2 aromatic heterocycles. The number of aryl methyl sites for hydroxylation is 1. The number of rotatable bonds is 4. The number of aromatic nitrogens is 1. The summed E-state index contributed by atoms with van der Waals surface area (Å²) in [6.07, 6.45) is 3.39. The smallest absolute Gasteiger partial charge is 0.128 e. The predicted molar refractivity (Wildman–Crippen MR) is 75.7 cm³/mol. The molecule has 4 nitrogen and oxygen atoms in total. The van der Waals surface area contributed by atoms with Crippen molar-refractivity contribution in [2.75, 3.05) is 11.9 Å². The molecule has 0 fully saturated rings. The van der Waals surface area contributed by atoms with Gasteiger partial charge in [-0.25, -0.2) is 4.98 Å². The third-order valence-corrected chi connectivity index (χ3v) is 3.03. The molecule has 0 aliphatic carbocycles. The van der Waals surface area contributed by atoms with Gasteiger partial charge in [0, 0.05) is 30.9 Å². The fourth-order valence-electron chi connectivity index (χ4n) is 1.67. The van der Waals surface area contributed by atoms with Gasteiger partial charge in [-0.05, 0) is 25.1 Å². The van der Waals surface area contributed by atoms with Crippen LogP contribution in [-0.2, 0) is 6.54 Å². The van der Waals surface area contributed by atoms with Crippen LogP contribution < -0.4 is 10.6 Å². The van der Waals surface area contributed by atoms with Gasteiger partial charge in [-0.15, -0.1) is 0 Å². The molecule has 0 saturated carbocycles. The number of anilines is 1. The molecule has 0 saturated heterocycles. The van der Waals surface area contributed by atoms with Crippen LogP contribution in [0.3, 0.4) is 0 Å². The highest BCUT2D eigenvalue weighted by Gasteiger charge is 2.07. The van der Waals surface area contributed by atoms with E-state index in [1.165, 1.54) is 0 Å². The van der Waals surface area contributed by atoms with Crippen molar-refractivity contribution in [2.24, 2.45) is 5.73 Å². The molecule has 0 spiro atoms. The first-order valence-corrected chi connectivity index (χ1v) is 5.98. The molecule has 0 aliphatic rings. The second kappa shape index (κ2) is 5.18. The lowest BCUT2D eigenvalue weighted by Crippen LogP contribution is -2.18. The maximum absolute atomic E-state index is 5.53. The van der Waals surface area contributed by atoms with Crippen molar-refractivity contribution < 1.29 is 4.42 Å². The summed E-state index contributed by atoms with van der Waals surface area (Å²) in [5.74, 6) is 1.80. The molecule has 2 rings (SSSR count). The van der Waals surface area contributed by atoms with Crippen molar-refractivity contribution in [2.45, 2.75) is 13.5 Å². The summed E-state index contributed by atoms with van der Waals surface area (Å²) in [5, 5.41) is 0.